The molecule has 0 fully saturated rings. The minimum atomic E-state index is -0.204. The van der Waals surface area contributed by atoms with Gasteiger partial charge in [-0.15, -0.1) is 0 Å². The molecule has 0 bridgehead atoms. The van der Waals surface area contributed by atoms with Crippen LogP contribution < -0.4 is 5.32 Å². The molecular weight excluding hydrogens is 354 g/mol. The molecule has 1 heterocycles. The van der Waals surface area contributed by atoms with Gasteiger partial charge in [0.05, 0.1) is 17.6 Å². The van der Waals surface area contributed by atoms with Crippen LogP contribution in [0.1, 0.15) is 21.7 Å². The van der Waals surface area contributed by atoms with E-state index >= 15 is 0 Å². The van der Waals surface area contributed by atoms with Gasteiger partial charge < -0.3 is 19.7 Å². The highest BCUT2D eigenvalue weighted by Gasteiger charge is 2.16. The van der Waals surface area contributed by atoms with Crippen LogP contribution in [0.4, 0.5) is 10.5 Å². The van der Waals surface area contributed by atoms with Crippen LogP contribution in [0.3, 0.4) is 0 Å². The zero-order valence-electron chi connectivity index (χ0n) is 16.9. The first-order valence-corrected chi connectivity index (χ1v) is 9.02. The molecule has 28 heavy (non-hydrogen) atoms. The van der Waals surface area contributed by atoms with Gasteiger partial charge in [0.1, 0.15) is 5.82 Å². The van der Waals surface area contributed by atoms with Crippen molar-refractivity contribution < 1.29 is 9.59 Å². The fraction of sp³-hybridized carbons (Fsp3) is 0.286. The third-order valence-corrected chi connectivity index (χ3v) is 4.74. The highest BCUT2D eigenvalue weighted by Crippen LogP contribution is 2.19. The quantitative estimate of drug-likeness (QED) is 0.756. The largest absolute Gasteiger partial charge is 0.345 e. The van der Waals surface area contributed by atoms with Crippen LogP contribution in [-0.4, -0.2) is 52.4 Å². The molecule has 3 rings (SSSR count). The number of aromatic nitrogens is 2. The Labute approximate surface area is 164 Å². The van der Waals surface area contributed by atoms with Crippen molar-refractivity contribution in [3.05, 3.63) is 59.4 Å². The zero-order chi connectivity index (χ0) is 20.4. The second kappa shape index (κ2) is 7.72. The van der Waals surface area contributed by atoms with Crippen molar-refractivity contribution in [3.63, 3.8) is 0 Å². The second-order valence-corrected chi connectivity index (χ2v) is 7.09. The molecule has 3 aromatic rings. The van der Waals surface area contributed by atoms with Crippen LogP contribution in [0.2, 0.25) is 0 Å². The lowest BCUT2D eigenvalue weighted by Gasteiger charge is -2.18. The lowest BCUT2D eigenvalue weighted by Crippen LogP contribution is -2.32. The van der Waals surface area contributed by atoms with E-state index in [9.17, 15) is 9.59 Å². The Balaban J connectivity index is 1.79. The second-order valence-electron chi connectivity index (χ2n) is 7.09. The number of nitrogens with zero attached hydrogens (tertiary/aromatic N) is 4. The fourth-order valence-electron chi connectivity index (χ4n) is 2.99. The summed E-state index contributed by atoms with van der Waals surface area (Å²) in [6.45, 7) is 2.30. The van der Waals surface area contributed by atoms with Gasteiger partial charge in [0.2, 0.25) is 0 Å². The van der Waals surface area contributed by atoms with Crippen molar-refractivity contribution in [1.82, 2.24) is 19.4 Å². The van der Waals surface area contributed by atoms with E-state index in [0.717, 1.165) is 28.1 Å². The molecule has 0 unspecified atom stereocenters. The maximum absolute atomic E-state index is 12.5. The van der Waals surface area contributed by atoms with Crippen LogP contribution in [0.25, 0.3) is 11.0 Å². The molecule has 0 saturated carbocycles. The summed E-state index contributed by atoms with van der Waals surface area (Å²) in [4.78, 5) is 32.5. The van der Waals surface area contributed by atoms with Crippen LogP contribution in [0.15, 0.2) is 42.5 Å². The van der Waals surface area contributed by atoms with E-state index in [-0.39, 0.29) is 11.9 Å². The molecule has 0 spiro atoms. The maximum Gasteiger partial charge on any atom is 0.321 e. The summed E-state index contributed by atoms with van der Waals surface area (Å²) in [5, 5.41) is 2.92. The number of rotatable bonds is 4. The Morgan fingerprint density at radius 2 is 1.82 bits per heavy atom. The summed E-state index contributed by atoms with van der Waals surface area (Å²) in [6, 6.07) is 12.9. The first-order valence-electron chi connectivity index (χ1n) is 9.02. The fourth-order valence-corrected chi connectivity index (χ4v) is 2.99. The lowest BCUT2D eigenvalue weighted by molar-refractivity contribution is 0.0827. The van der Waals surface area contributed by atoms with Gasteiger partial charge in [-0.1, -0.05) is 18.2 Å². The predicted octanol–water partition coefficient (Wildman–Crippen LogP) is 3.25. The summed E-state index contributed by atoms with van der Waals surface area (Å²) in [7, 11) is 7.08. The van der Waals surface area contributed by atoms with Crippen molar-refractivity contribution in [2.45, 2.75) is 13.5 Å². The minimum absolute atomic E-state index is 0.0659. The third kappa shape index (κ3) is 3.83. The number of carbonyl (C=O) groups excluding carboxylic acids is 2. The number of benzene rings is 2. The van der Waals surface area contributed by atoms with Gasteiger partial charge in [0.15, 0.2) is 0 Å². The predicted molar refractivity (Wildman–Crippen MR) is 110 cm³/mol. The number of nitrogens with one attached hydrogen (secondary N) is 1. The third-order valence-electron chi connectivity index (χ3n) is 4.74. The smallest absolute Gasteiger partial charge is 0.321 e. The number of urea groups is 1. The number of fused-ring (bicyclic) bond motifs is 1. The Kier molecular flexibility index (Phi) is 5.35. The Morgan fingerprint density at radius 3 is 2.50 bits per heavy atom. The Bertz CT molecular complexity index is 1040. The zero-order valence-corrected chi connectivity index (χ0v) is 16.9. The van der Waals surface area contributed by atoms with E-state index in [2.05, 4.69) is 10.3 Å². The summed E-state index contributed by atoms with van der Waals surface area (Å²) < 4.78 is 1.94. The molecular formula is C21H25N5O2. The number of anilines is 1. The standard InChI is InChI=1S/C21H25N5O2/c1-14-8-6-7-9-16(14)23-21(28)25(4)13-19-22-17-12-15(20(27)24(2)3)10-11-18(17)26(19)5/h6-12H,13H2,1-5H3,(H,23,28). The normalized spacial score (nSPS) is 10.8. The highest BCUT2D eigenvalue weighted by molar-refractivity contribution is 5.97. The molecule has 0 saturated heterocycles. The van der Waals surface area contributed by atoms with Gasteiger partial charge in [0, 0.05) is 39.4 Å². The average Bonchev–Trinajstić information content (AvgIpc) is 2.97. The van der Waals surface area contributed by atoms with Gasteiger partial charge in [-0.05, 0) is 36.8 Å². The van der Waals surface area contributed by atoms with Crippen LogP contribution in [0, 0.1) is 6.92 Å². The number of amides is 3. The van der Waals surface area contributed by atoms with E-state index in [0.29, 0.717) is 12.1 Å². The number of carbonyl (C=O) groups is 2. The average molecular weight is 379 g/mol. The molecule has 0 aliphatic rings. The number of hydrogen-bond acceptors (Lipinski definition) is 3. The van der Waals surface area contributed by atoms with Crippen molar-refractivity contribution >= 4 is 28.7 Å². The van der Waals surface area contributed by atoms with Gasteiger partial charge in [-0.3, -0.25) is 4.79 Å². The Hall–Kier alpha value is -3.35. The van der Waals surface area contributed by atoms with Crippen molar-refractivity contribution in [1.29, 1.82) is 0 Å². The molecule has 0 aliphatic heterocycles. The molecule has 146 valence electrons. The lowest BCUT2D eigenvalue weighted by atomic mass is 10.2. The van der Waals surface area contributed by atoms with Crippen LogP contribution in [0.5, 0.6) is 0 Å². The summed E-state index contributed by atoms with van der Waals surface area (Å²) in [6.07, 6.45) is 0. The molecule has 1 N–H and O–H groups in total. The summed E-state index contributed by atoms with van der Waals surface area (Å²) in [5.41, 5.74) is 4.03. The Morgan fingerprint density at radius 1 is 1.11 bits per heavy atom. The number of aryl methyl sites for hydroxylation is 2. The molecule has 1 aromatic heterocycles. The summed E-state index contributed by atoms with van der Waals surface area (Å²) in [5.74, 6) is 0.677. The van der Waals surface area contributed by atoms with Crippen LogP contribution in [-0.2, 0) is 13.6 Å². The van der Waals surface area contributed by atoms with E-state index < -0.39 is 0 Å². The van der Waals surface area contributed by atoms with E-state index in [1.54, 1.807) is 38.2 Å². The number of imidazole rings is 1. The maximum atomic E-state index is 12.5. The first kappa shape index (κ1) is 19.4. The van der Waals surface area contributed by atoms with E-state index in [1.165, 1.54) is 4.90 Å². The van der Waals surface area contributed by atoms with Crippen molar-refractivity contribution in [3.8, 4) is 0 Å². The van der Waals surface area contributed by atoms with Crippen LogP contribution >= 0.6 is 0 Å². The monoisotopic (exact) mass is 379 g/mol. The SMILES string of the molecule is Cc1ccccc1NC(=O)N(C)Cc1nc2cc(C(=O)N(C)C)ccc2n1C. The molecule has 7 nitrogen and oxygen atoms in total. The van der Waals surface area contributed by atoms with E-state index in [1.807, 2.05) is 48.9 Å². The molecule has 0 radical (unpaired) electrons. The topological polar surface area (TPSA) is 70.5 Å². The number of para-hydroxylation sites is 1. The van der Waals surface area contributed by atoms with Gasteiger partial charge >= 0.3 is 6.03 Å². The van der Waals surface area contributed by atoms with Gasteiger partial charge in [-0.2, -0.15) is 0 Å². The minimum Gasteiger partial charge on any atom is -0.345 e. The molecule has 0 atom stereocenters. The molecule has 2 aromatic carbocycles. The molecule has 3 amide bonds. The highest BCUT2D eigenvalue weighted by atomic mass is 16.2. The number of hydrogen-bond donors (Lipinski definition) is 1. The first-order chi connectivity index (χ1) is 13.3. The van der Waals surface area contributed by atoms with Crippen molar-refractivity contribution in [2.24, 2.45) is 7.05 Å². The van der Waals surface area contributed by atoms with Gasteiger partial charge in [0.25, 0.3) is 5.91 Å². The molecule has 7 heteroatoms. The van der Waals surface area contributed by atoms with E-state index in [4.69, 9.17) is 0 Å². The summed E-state index contributed by atoms with van der Waals surface area (Å²) >= 11 is 0. The molecule has 0 aliphatic carbocycles. The van der Waals surface area contributed by atoms with Crippen molar-refractivity contribution in [2.75, 3.05) is 26.5 Å². The van der Waals surface area contributed by atoms with Gasteiger partial charge in [-0.25, -0.2) is 9.78 Å².